The summed E-state index contributed by atoms with van der Waals surface area (Å²) in [6.07, 6.45) is -1.96. The number of rotatable bonds is 6. The summed E-state index contributed by atoms with van der Waals surface area (Å²) in [7, 11) is -2.53. The molecule has 2 aliphatic rings. The minimum absolute atomic E-state index is 0. The zero-order valence-corrected chi connectivity index (χ0v) is 20.0. The molecule has 0 saturated heterocycles. The van der Waals surface area contributed by atoms with Crippen LogP contribution in [0.15, 0.2) is 24.3 Å². The molecule has 2 aromatic carbocycles. The molecule has 0 amide bonds. The van der Waals surface area contributed by atoms with E-state index in [-0.39, 0.29) is 55.8 Å². The highest BCUT2D eigenvalue weighted by atomic mass is 19.1. The molecule has 2 unspecified atom stereocenters. The lowest BCUT2D eigenvalue weighted by atomic mass is 9.78. The highest BCUT2D eigenvalue weighted by molar-refractivity contribution is 6.62. The number of hydrogen-bond acceptors (Lipinski definition) is 9. The van der Waals surface area contributed by atoms with Gasteiger partial charge in [-0.25, -0.2) is 8.78 Å². The van der Waals surface area contributed by atoms with Crippen LogP contribution in [0, 0.1) is 18.6 Å². The Labute approximate surface area is 214 Å². The molecule has 37 heavy (non-hydrogen) atoms. The number of carbonyl (C=O) groups excluding carboxylic acids is 2. The molecule has 4 rings (SSSR count). The fourth-order valence-electron chi connectivity index (χ4n) is 4.13. The van der Waals surface area contributed by atoms with Gasteiger partial charge in [0.2, 0.25) is 0 Å². The van der Waals surface area contributed by atoms with Crippen molar-refractivity contribution in [2.45, 2.75) is 53.2 Å². The molecule has 0 spiro atoms. The fraction of sp³-hybridized carbons (Fsp3) is 0.417. The Morgan fingerprint density at radius 3 is 1.76 bits per heavy atom. The highest BCUT2D eigenvalue weighted by Gasteiger charge is 2.40. The third kappa shape index (κ3) is 7.07. The molecular formula is C24H30B2F2O9. The number of halogens is 2. The average Bonchev–Trinajstić information content (AvgIpc) is 3.25. The number of fused-ring (bicyclic) bond motifs is 2. The minimum Gasteiger partial charge on any atom is -0.508 e. The molecule has 200 valence electrons. The van der Waals surface area contributed by atoms with Gasteiger partial charge in [-0.1, -0.05) is 13.5 Å². The zero-order valence-electron chi connectivity index (χ0n) is 20.0. The molecule has 0 saturated carbocycles. The quantitative estimate of drug-likeness (QED) is 0.384. The van der Waals surface area contributed by atoms with Gasteiger partial charge in [0, 0.05) is 17.2 Å². The molecule has 0 aromatic heterocycles. The summed E-state index contributed by atoms with van der Waals surface area (Å²) in [6, 6.07) is 5.15. The molecule has 0 bridgehead atoms. The summed E-state index contributed by atoms with van der Waals surface area (Å²) >= 11 is 0. The molecule has 0 aliphatic carbocycles. The van der Waals surface area contributed by atoms with E-state index in [1.165, 1.54) is 12.1 Å². The van der Waals surface area contributed by atoms with Crippen LogP contribution in [0.25, 0.3) is 0 Å². The molecule has 3 N–H and O–H groups in total. The van der Waals surface area contributed by atoms with Crippen LogP contribution < -0.4 is 10.9 Å². The number of phenols is 1. The van der Waals surface area contributed by atoms with E-state index in [1.54, 1.807) is 26.8 Å². The van der Waals surface area contributed by atoms with Crippen molar-refractivity contribution in [3.8, 4) is 5.75 Å². The maximum Gasteiger partial charge on any atom is 0.492 e. The van der Waals surface area contributed by atoms with E-state index in [0.29, 0.717) is 11.0 Å². The van der Waals surface area contributed by atoms with Crippen molar-refractivity contribution in [2.24, 2.45) is 0 Å². The van der Waals surface area contributed by atoms with E-state index in [4.69, 9.17) is 18.8 Å². The SMILES string of the molecule is C.CCOC(=O)CC1OB(O)c2cc(C)cc(F)c21.CCOC(=O)CC1OB(O)c2cc(O)cc(F)c21. The van der Waals surface area contributed by atoms with Gasteiger partial charge < -0.3 is 33.9 Å². The van der Waals surface area contributed by atoms with Gasteiger partial charge in [-0.2, -0.15) is 0 Å². The predicted molar refractivity (Wildman–Crippen MR) is 131 cm³/mol. The number of ether oxygens (including phenoxy) is 2. The van der Waals surface area contributed by atoms with Gasteiger partial charge >= 0.3 is 26.2 Å². The lowest BCUT2D eigenvalue weighted by Crippen LogP contribution is -2.28. The molecule has 0 radical (unpaired) electrons. The van der Waals surface area contributed by atoms with Gasteiger partial charge in [0.05, 0.1) is 38.3 Å². The largest absolute Gasteiger partial charge is 0.508 e. The first-order chi connectivity index (χ1) is 17.0. The monoisotopic (exact) mass is 522 g/mol. The van der Waals surface area contributed by atoms with Crippen LogP contribution in [-0.2, 0) is 28.4 Å². The van der Waals surface area contributed by atoms with Crippen molar-refractivity contribution in [2.75, 3.05) is 13.2 Å². The molecule has 13 heteroatoms. The first-order valence-electron chi connectivity index (χ1n) is 11.4. The predicted octanol–water partition coefficient (Wildman–Crippen LogP) is 1.73. The lowest BCUT2D eigenvalue weighted by Gasteiger charge is -2.12. The minimum atomic E-state index is -1.35. The molecule has 2 heterocycles. The Morgan fingerprint density at radius 2 is 1.30 bits per heavy atom. The summed E-state index contributed by atoms with van der Waals surface area (Å²) < 4.78 is 47.4. The van der Waals surface area contributed by atoms with E-state index in [9.17, 15) is 33.5 Å². The Balaban J connectivity index is 0.000000253. The number of aryl methyl sites for hydroxylation is 1. The second kappa shape index (κ2) is 13.0. The maximum atomic E-state index is 13.9. The third-order valence-electron chi connectivity index (χ3n) is 5.53. The van der Waals surface area contributed by atoms with Crippen LogP contribution >= 0.6 is 0 Å². The fourth-order valence-corrected chi connectivity index (χ4v) is 4.13. The lowest BCUT2D eigenvalue weighted by molar-refractivity contribution is -0.146. The number of phenolic OH excluding ortho intramolecular Hbond substituents is 1. The van der Waals surface area contributed by atoms with Crippen molar-refractivity contribution >= 4 is 37.1 Å². The Morgan fingerprint density at radius 1 is 0.865 bits per heavy atom. The first kappa shape index (κ1) is 30.2. The number of benzene rings is 2. The van der Waals surface area contributed by atoms with Crippen molar-refractivity contribution in [1.29, 1.82) is 0 Å². The standard InChI is InChI=1S/C12H14BFO4.C11H12BFO5.CH4/c1-3-17-11(15)6-10-12-8(13(16)18-10)4-7(2)5-9(12)14;1-2-17-10(15)5-9-11-7(12(16)18-9)3-6(14)4-8(11)13;/h4-5,10,16H,3,6H2,1-2H3;3-4,9,14,16H,2,5H2,1H3;1H4. The number of esters is 2. The van der Waals surface area contributed by atoms with Crippen molar-refractivity contribution in [3.63, 3.8) is 0 Å². The first-order valence-corrected chi connectivity index (χ1v) is 11.4. The molecule has 2 aliphatic heterocycles. The Kier molecular flexibility index (Phi) is 10.6. The second-order valence-corrected chi connectivity index (χ2v) is 8.15. The highest BCUT2D eigenvalue weighted by Crippen LogP contribution is 2.31. The number of carbonyl (C=O) groups is 2. The number of aromatic hydroxyl groups is 1. The van der Waals surface area contributed by atoms with E-state index < -0.39 is 50.0 Å². The van der Waals surface area contributed by atoms with E-state index >= 15 is 0 Å². The van der Waals surface area contributed by atoms with Crippen molar-refractivity contribution in [1.82, 2.24) is 0 Å². The molecule has 2 aromatic rings. The summed E-state index contributed by atoms with van der Waals surface area (Å²) in [5, 5.41) is 28.5. The third-order valence-corrected chi connectivity index (χ3v) is 5.53. The summed E-state index contributed by atoms with van der Waals surface area (Å²) in [5.74, 6) is -2.48. The molecule has 2 atom stereocenters. The number of hydrogen-bond donors (Lipinski definition) is 3. The van der Waals surface area contributed by atoms with Gasteiger partial charge in [0.15, 0.2) is 0 Å². The topological polar surface area (TPSA) is 132 Å². The molecule has 0 fully saturated rings. The molecular weight excluding hydrogens is 492 g/mol. The average molecular weight is 522 g/mol. The van der Waals surface area contributed by atoms with E-state index in [0.717, 1.165) is 6.07 Å². The zero-order chi connectivity index (χ0) is 26.6. The smallest absolute Gasteiger partial charge is 0.492 e. The van der Waals surface area contributed by atoms with Gasteiger partial charge in [0.1, 0.15) is 17.4 Å². The summed E-state index contributed by atoms with van der Waals surface area (Å²) in [5.41, 5.74) is 1.57. The van der Waals surface area contributed by atoms with Crippen LogP contribution in [-0.4, -0.2) is 54.5 Å². The van der Waals surface area contributed by atoms with Crippen LogP contribution in [0.1, 0.15) is 63.0 Å². The Bertz CT molecular complexity index is 1040. The van der Waals surface area contributed by atoms with Gasteiger partial charge in [-0.05, 0) is 49.4 Å². The normalized spacial score (nSPS) is 17.3. The maximum absolute atomic E-state index is 13.9. The molecule has 9 nitrogen and oxygen atoms in total. The van der Waals surface area contributed by atoms with Crippen LogP contribution in [0.2, 0.25) is 0 Å². The van der Waals surface area contributed by atoms with Crippen molar-refractivity contribution < 1.29 is 52.3 Å². The van der Waals surface area contributed by atoms with E-state index in [2.05, 4.69) is 0 Å². The van der Waals surface area contributed by atoms with E-state index in [1.807, 2.05) is 0 Å². The second-order valence-electron chi connectivity index (χ2n) is 8.15. The van der Waals surface area contributed by atoms with Gasteiger partial charge in [-0.3, -0.25) is 9.59 Å². The summed E-state index contributed by atoms with van der Waals surface area (Å²) in [4.78, 5) is 22.7. The van der Waals surface area contributed by atoms with Crippen LogP contribution in [0.5, 0.6) is 5.75 Å². The summed E-state index contributed by atoms with van der Waals surface area (Å²) in [6.45, 7) is 5.57. The van der Waals surface area contributed by atoms with Gasteiger partial charge in [-0.15, -0.1) is 0 Å². The van der Waals surface area contributed by atoms with Crippen LogP contribution in [0.3, 0.4) is 0 Å². The van der Waals surface area contributed by atoms with Crippen molar-refractivity contribution in [3.05, 3.63) is 52.6 Å². The Hall–Kier alpha value is -2.99. The van der Waals surface area contributed by atoms with Crippen LogP contribution in [0.4, 0.5) is 8.78 Å². The van der Waals surface area contributed by atoms with Gasteiger partial charge in [0.25, 0.3) is 0 Å².